The van der Waals surface area contributed by atoms with E-state index in [0.29, 0.717) is 6.42 Å². The van der Waals surface area contributed by atoms with Gasteiger partial charge in [0.15, 0.2) is 0 Å². The maximum absolute atomic E-state index is 10.8. The summed E-state index contributed by atoms with van der Waals surface area (Å²) in [4.78, 5) is 21.2. The average molecular weight is 159 g/mol. The molecule has 0 spiro atoms. The van der Waals surface area contributed by atoms with E-state index in [1.807, 2.05) is 0 Å². The lowest BCUT2D eigenvalue weighted by molar-refractivity contribution is -0.125. The first-order valence-electron chi connectivity index (χ1n) is 3.42. The molecule has 0 saturated carbocycles. The van der Waals surface area contributed by atoms with Gasteiger partial charge in [0.05, 0.1) is 0 Å². The summed E-state index contributed by atoms with van der Waals surface area (Å²) in [6.07, 6.45) is 0.550. The molecule has 0 aliphatic heterocycles. The van der Waals surface area contributed by atoms with E-state index in [-0.39, 0.29) is 24.8 Å². The minimum atomic E-state index is -0.151. The molecule has 0 aromatic carbocycles. The second-order valence-corrected chi connectivity index (χ2v) is 2.23. The molecule has 64 valence electrons. The summed E-state index contributed by atoms with van der Waals surface area (Å²) >= 11 is 0. The van der Waals surface area contributed by atoms with E-state index in [1.165, 1.54) is 14.0 Å². The Labute approximate surface area is 65.9 Å². The van der Waals surface area contributed by atoms with Crippen molar-refractivity contribution in [3.8, 4) is 0 Å². The summed E-state index contributed by atoms with van der Waals surface area (Å²) in [6.45, 7) is 1.67. The number of carbonyl (C=O) groups excluding carboxylic acids is 2. The Kier molecular flexibility index (Phi) is 5.37. The van der Waals surface area contributed by atoms with Gasteiger partial charge in [-0.1, -0.05) is 0 Å². The molecule has 0 unspecified atom stereocenters. The van der Waals surface area contributed by atoms with E-state index >= 15 is 0 Å². The molecular formula is C7H13NO3. The monoisotopic (exact) mass is 159 g/mol. The number of carbonyl (C=O) groups is 2. The van der Waals surface area contributed by atoms with Crippen molar-refractivity contribution in [1.82, 2.24) is 5.32 Å². The predicted molar refractivity (Wildman–Crippen MR) is 39.9 cm³/mol. The number of hydrogen-bond donors (Lipinski definition) is 1. The predicted octanol–water partition coefficient (Wildman–Crippen LogP) is 0.0757. The molecule has 0 heterocycles. The summed E-state index contributed by atoms with van der Waals surface area (Å²) in [7, 11) is 1.49. The van der Waals surface area contributed by atoms with Crippen LogP contribution in [0.3, 0.4) is 0 Å². The summed E-state index contributed by atoms with van der Waals surface area (Å²) in [5.41, 5.74) is 0. The van der Waals surface area contributed by atoms with E-state index in [4.69, 9.17) is 0 Å². The second-order valence-electron chi connectivity index (χ2n) is 2.23. The van der Waals surface area contributed by atoms with E-state index in [1.54, 1.807) is 0 Å². The lowest BCUT2D eigenvalue weighted by atomic mass is 10.2. The van der Waals surface area contributed by atoms with Crippen LogP contribution >= 0.6 is 0 Å². The van der Waals surface area contributed by atoms with Crippen LogP contribution in [0.15, 0.2) is 0 Å². The first-order chi connectivity index (χ1) is 5.16. The highest BCUT2D eigenvalue weighted by Gasteiger charge is 2.01. The van der Waals surface area contributed by atoms with E-state index in [2.05, 4.69) is 10.1 Å². The normalized spacial score (nSPS) is 9.27. The summed E-state index contributed by atoms with van der Waals surface area (Å²) < 4.78 is 4.60. The smallest absolute Gasteiger partial charge is 0.222 e. The molecule has 0 aliphatic rings. The van der Waals surface area contributed by atoms with Gasteiger partial charge in [-0.3, -0.25) is 4.79 Å². The van der Waals surface area contributed by atoms with Gasteiger partial charge in [-0.05, 0) is 6.92 Å². The maximum atomic E-state index is 10.8. The van der Waals surface area contributed by atoms with E-state index < -0.39 is 0 Å². The molecular weight excluding hydrogens is 146 g/mol. The number of Topliss-reactive ketones (excluding diaryl/α,β-unsaturated/α-hetero) is 1. The van der Waals surface area contributed by atoms with Gasteiger partial charge in [0.1, 0.15) is 12.5 Å². The minimum Gasteiger partial charge on any atom is -0.364 e. The zero-order valence-corrected chi connectivity index (χ0v) is 6.85. The van der Waals surface area contributed by atoms with Crippen LogP contribution in [0.25, 0.3) is 0 Å². The molecule has 1 N–H and O–H groups in total. The van der Waals surface area contributed by atoms with Crippen LogP contribution in [0.4, 0.5) is 0 Å². The van der Waals surface area contributed by atoms with Crippen molar-refractivity contribution in [2.45, 2.75) is 19.8 Å². The fourth-order valence-corrected chi connectivity index (χ4v) is 0.531. The first-order valence-corrected chi connectivity index (χ1v) is 3.42. The Balaban J connectivity index is 3.30. The molecule has 11 heavy (non-hydrogen) atoms. The Morgan fingerprint density at radius 3 is 2.45 bits per heavy atom. The highest BCUT2D eigenvalue weighted by Crippen LogP contribution is 1.89. The zero-order chi connectivity index (χ0) is 8.69. The third kappa shape index (κ3) is 6.99. The summed E-state index contributed by atoms with van der Waals surface area (Å²) in [5.74, 6) is -0.125. The van der Waals surface area contributed by atoms with Crippen LogP contribution < -0.4 is 5.32 Å². The van der Waals surface area contributed by atoms with Crippen LogP contribution in [0.1, 0.15) is 19.8 Å². The molecule has 1 amide bonds. The van der Waals surface area contributed by atoms with Crippen LogP contribution in [0, 0.1) is 0 Å². The quantitative estimate of drug-likeness (QED) is 0.578. The van der Waals surface area contributed by atoms with Gasteiger partial charge >= 0.3 is 0 Å². The number of nitrogens with one attached hydrogen (secondary N) is 1. The molecule has 0 aliphatic carbocycles. The third-order valence-corrected chi connectivity index (χ3v) is 1.12. The molecule has 0 fully saturated rings. The zero-order valence-electron chi connectivity index (χ0n) is 6.85. The molecule has 0 aromatic rings. The average Bonchev–Trinajstić information content (AvgIpc) is 1.97. The van der Waals surface area contributed by atoms with Gasteiger partial charge in [-0.25, -0.2) is 0 Å². The standard InChI is InChI=1S/C7H13NO3/c1-6(9)3-4-7(10)8-5-11-2/h3-5H2,1-2H3,(H,8,10). The Morgan fingerprint density at radius 1 is 1.36 bits per heavy atom. The second kappa shape index (κ2) is 5.85. The van der Waals surface area contributed by atoms with Gasteiger partial charge < -0.3 is 14.8 Å². The number of ether oxygens (including phenoxy) is 1. The fraction of sp³-hybridized carbons (Fsp3) is 0.714. The van der Waals surface area contributed by atoms with E-state index in [0.717, 1.165) is 0 Å². The van der Waals surface area contributed by atoms with Crippen molar-refractivity contribution in [2.75, 3.05) is 13.8 Å². The maximum Gasteiger partial charge on any atom is 0.222 e. The van der Waals surface area contributed by atoms with Crippen LogP contribution in [-0.4, -0.2) is 25.5 Å². The molecule has 0 atom stereocenters. The molecule has 0 radical (unpaired) electrons. The topological polar surface area (TPSA) is 55.4 Å². The van der Waals surface area contributed by atoms with Crippen LogP contribution in [-0.2, 0) is 14.3 Å². The number of ketones is 1. The van der Waals surface area contributed by atoms with Gasteiger partial charge in [-0.15, -0.1) is 0 Å². The number of hydrogen-bond acceptors (Lipinski definition) is 3. The lowest BCUT2D eigenvalue weighted by Crippen LogP contribution is -2.25. The summed E-state index contributed by atoms with van der Waals surface area (Å²) in [6, 6.07) is 0. The van der Waals surface area contributed by atoms with Crippen molar-refractivity contribution < 1.29 is 14.3 Å². The highest BCUT2D eigenvalue weighted by molar-refractivity contribution is 5.83. The Bertz CT molecular complexity index is 145. The van der Waals surface area contributed by atoms with Gasteiger partial charge in [-0.2, -0.15) is 0 Å². The molecule has 0 rings (SSSR count). The largest absolute Gasteiger partial charge is 0.364 e. The van der Waals surface area contributed by atoms with Crippen molar-refractivity contribution >= 4 is 11.7 Å². The van der Waals surface area contributed by atoms with Crippen molar-refractivity contribution in [2.24, 2.45) is 0 Å². The Morgan fingerprint density at radius 2 is 2.00 bits per heavy atom. The summed E-state index contributed by atoms with van der Waals surface area (Å²) in [5, 5.41) is 2.47. The molecule has 0 saturated heterocycles. The number of methoxy groups -OCH3 is 1. The SMILES string of the molecule is COCNC(=O)CCC(C)=O. The third-order valence-electron chi connectivity index (χ3n) is 1.12. The van der Waals surface area contributed by atoms with Crippen LogP contribution in [0.5, 0.6) is 0 Å². The van der Waals surface area contributed by atoms with Gasteiger partial charge in [0.25, 0.3) is 0 Å². The van der Waals surface area contributed by atoms with Gasteiger partial charge in [0.2, 0.25) is 5.91 Å². The minimum absolute atomic E-state index is 0.0255. The molecule has 4 nitrogen and oxygen atoms in total. The van der Waals surface area contributed by atoms with Crippen molar-refractivity contribution in [3.05, 3.63) is 0 Å². The number of rotatable bonds is 5. The van der Waals surface area contributed by atoms with Crippen molar-refractivity contribution in [3.63, 3.8) is 0 Å². The first kappa shape index (κ1) is 10.1. The Hall–Kier alpha value is -0.900. The molecule has 0 bridgehead atoms. The van der Waals surface area contributed by atoms with E-state index in [9.17, 15) is 9.59 Å². The molecule has 4 heteroatoms. The highest BCUT2D eigenvalue weighted by atomic mass is 16.5. The fourth-order valence-electron chi connectivity index (χ4n) is 0.531. The van der Waals surface area contributed by atoms with Gasteiger partial charge in [0, 0.05) is 20.0 Å². The lowest BCUT2D eigenvalue weighted by Gasteiger charge is -2.00. The van der Waals surface area contributed by atoms with Crippen molar-refractivity contribution in [1.29, 1.82) is 0 Å². The molecule has 0 aromatic heterocycles. The van der Waals surface area contributed by atoms with Crippen LogP contribution in [0.2, 0.25) is 0 Å². The number of amides is 1.